The number of benzene rings is 1. The van der Waals surface area contributed by atoms with Crippen LogP contribution in [0.1, 0.15) is 31.2 Å². The minimum atomic E-state index is -2.74. The van der Waals surface area contributed by atoms with Crippen molar-refractivity contribution in [3.05, 3.63) is 35.9 Å². The van der Waals surface area contributed by atoms with Gasteiger partial charge in [-0.25, -0.2) is 13.6 Å². The van der Waals surface area contributed by atoms with Gasteiger partial charge in [0.05, 0.1) is 6.04 Å². The van der Waals surface area contributed by atoms with Crippen LogP contribution < -0.4 is 5.73 Å². The second-order valence-corrected chi connectivity index (χ2v) is 7.55. The molecule has 2 aliphatic heterocycles. The minimum absolute atomic E-state index is 0.0223. The maximum atomic E-state index is 13.9. The average Bonchev–Trinajstić information content (AvgIpc) is 2.96. The highest BCUT2D eigenvalue weighted by atomic mass is 19.3. The van der Waals surface area contributed by atoms with Gasteiger partial charge in [0.1, 0.15) is 12.6 Å². The molecule has 3 aliphatic rings. The van der Waals surface area contributed by atoms with Gasteiger partial charge in [0.2, 0.25) is 5.91 Å². The van der Waals surface area contributed by atoms with Crippen LogP contribution in [0.5, 0.6) is 0 Å². The maximum absolute atomic E-state index is 13.9. The van der Waals surface area contributed by atoms with Gasteiger partial charge in [-0.3, -0.25) is 4.79 Å². The topological polar surface area (TPSA) is 72.6 Å². The molecule has 0 radical (unpaired) electrons. The summed E-state index contributed by atoms with van der Waals surface area (Å²) in [7, 11) is 0. The number of halogens is 2. The predicted octanol–water partition coefficient (Wildman–Crippen LogP) is 2.09. The molecule has 4 rings (SSSR count). The lowest BCUT2D eigenvalue weighted by Crippen LogP contribution is -2.53. The quantitative estimate of drug-likeness (QED) is 0.834. The van der Waals surface area contributed by atoms with Crippen LogP contribution in [-0.4, -0.2) is 40.8 Å². The van der Waals surface area contributed by atoms with Crippen LogP contribution in [0.3, 0.4) is 0 Å². The van der Waals surface area contributed by atoms with E-state index in [1.807, 2.05) is 30.3 Å². The van der Waals surface area contributed by atoms with Gasteiger partial charge in [0.25, 0.3) is 5.92 Å². The van der Waals surface area contributed by atoms with E-state index in [0.717, 1.165) is 5.56 Å². The summed E-state index contributed by atoms with van der Waals surface area (Å²) in [6.45, 7) is 0.123. The Balaban J connectivity index is 1.47. The second-order valence-electron chi connectivity index (χ2n) is 7.55. The number of fused-ring (bicyclic) bond motifs is 2. The Kier molecular flexibility index (Phi) is 4.22. The van der Waals surface area contributed by atoms with Crippen LogP contribution in [0.4, 0.5) is 8.78 Å². The molecule has 1 aromatic rings. The number of alkyl halides is 2. The summed E-state index contributed by atoms with van der Waals surface area (Å²) in [4.78, 5) is 26.7. The van der Waals surface area contributed by atoms with Crippen molar-refractivity contribution >= 4 is 11.9 Å². The highest BCUT2D eigenvalue weighted by molar-refractivity contribution is 5.88. The molecule has 1 amide bonds. The van der Waals surface area contributed by atoms with Gasteiger partial charge in [-0.2, -0.15) is 0 Å². The van der Waals surface area contributed by atoms with E-state index in [0.29, 0.717) is 12.8 Å². The molecule has 2 N–H and O–H groups in total. The first kappa shape index (κ1) is 17.4. The lowest BCUT2D eigenvalue weighted by molar-refractivity contribution is -0.156. The third kappa shape index (κ3) is 2.88. The molecule has 2 heterocycles. The number of carbonyl (C=O) groups excluding carboxylic acids is 2. The molecule has 1 saturated carbocycles. The first-order chi connectivity index (χ1) is 12.4. The Hall–Kier alpha value is -2.02. The first-order valence-corrected chi connectivity index (χ1v) is 9.05. The first-order valence-electron chi connectivity index (χ1n) is 9.05. The van der Waals surface area contributed by atoms with Gasteiger partial charge in [0, 0.05) is 17.9 Å². The minimum Gasteiger partial charge on any atom is -0.459 e. The molecule has 140 valence electrons. The van der Waals surface area contributed by atoms with E-state index in [4.69, 9.17) is 10.5 Å². The van der Waals surface area contributed by atoms with Crippen LogP contribution in [0, 0.1) is 11.8 Å². The summed E-state index contributed by atoms with van der Waals surface area (Å²) in [6.07, 6.45) is 1.17. The lowest BCUT2D eigenvalue weighted by Gasteiger charge is -2.32. The zero-order chi connectivity index (χ0) is 18.5. The third-order valence-corrected chi connectivity index (χ3v) is 5.97. The van der Waals surface area contributed by atoms with Gasteiger partial charge < -0.3 is 15.4 Å². The summed E-state index contributed by atoms with van der Waals surface area (Å²) in [6, 6.07) is 7.18. The second kappa shape index (κ2) is 6.30. The number of rotatable bonds is 3. The number of hydrogen-bond donors (Lipinski definition) is 1. The van der Waals surface area contributed by atoms with Gasteiger partial charge in [-0.1, -0.05) is 30.3 Å². The van der Waals surface area contributed by atoms with E-state index >= 15 is 0 Å². The Morgan fingerprint density at radius 1 is 1.19 bits per heavy atom. The molecule has 0 aromatic heterocycles. The standard InChI is InChI=1S/C19H22F2N2O3/c20-19(21)13-8-12-6-7-16(23(12)17(24)15(22)9-14(13)19)18(25)26-10-11-4-2-1-3-5-11/h1-5,12-16H,6-10,22H2/t12-,13-,14+,15+,16+/m1/s1. The fourth-order valence-corrected chi connectivity index (χ4v) is 4.47. The maximum Gasteiger partial charge on any atom is 0.329 e. The zero-order valence-corrected chi connectivity index (χ0v) is 14.3. The molecule has 0 spiro atoms. The third-order valence-electron chi connectivity index (χ3n) is 5.97. The number of nitrogens with zero attached hydrogens (tertiary/aromatic N) is 1. The largest absolute Gasteiger partial charge is 0.459 e. The number of carbonyl (C=O) groups is 2. The predicted molar refractivity (Wildman–Crippen MR) is 89.0 cm³/mol. The molecule has 1 aliphatic carbocycles. The Labute approximate surface area is 150 Å². The highest BCUT2D eigenvalue weighted by Gasteiger charge is 2.69. The molecule has 0 unspecified atom stereocenters. The average molecular weight is 364 g/mol. The molecule has 5 nitrogen and oxygen atoms in total. The molecule has 26 heavy (non-hydrogen) atoms. The molecular formula is C19H22F2N2O3. The molecule has 7 heteroatoms. The zero-order valence-electron chi connectivity index (χ0n) is 14.3. The van der Waals surface area contributed by atoms with Crippen molar-refractivity contribution in [2.45, 2.75) is 56.3 Å². The lowest BCUT2D eigenvalue weighted by atomic mass is 9.99. The fraction of sp³-hybridized carbons (Fsp3) is 0.579. The van der Waals surface area contributed by atoms with Gasteiger partial charge >= 0.3 is 5.97 Å². The number of amides is 1. The van der Waals surface area contributed by atoms with E-state index in [1.54, 1.807) is 0 Å². The van der Waals surface area contributed by atoms with Crippen LogP contribution in [0.2, 0.25) is 0 Å². The Morgan fingerprint density at radius 3 is 2.62 bits per heavy atom. The normalized spacial score (nSPS) is 35.1. The monoisotopic (exact) mass is 364 g/mol. The van der Waals surface area contributed by atoms with E-state index in [-0.39, 0.29) is 25.5 Å². The fourth-order valence-electron chi connectivity index (χ4n) is 4.47. The van der Waals surface area contributed by atoms with Crippen molar-refractivity contribution in [1.29, 1.82) is 0 Å². The van der Waals surface area contributed by atoms with Crippen molar-refractivity contribution < 1.29 is 23.1 Å². The number of esters is 1. The number of nitrogens with two attached hydrogens (primary N) is 1. The molecule has 0 bridgehead atoms. The summed E-state index contributed by atoms with van der Waals surface area (Å²) in [5, 5.41) is 0. The van der Waals surface area contributed by atoms with Crippen LogP contribution in [0.15, 0.2) is 30.3 Å². The van der Waals surface area contributed by atoms with Crippen molar-refractivity contribution in [2.75, 3.05) is 0 Å². The summed E-state index contributed by atoms with van der Waals surface area (Å²) < 4.78 is 33.2. The smallest absolute Gasteiger partial charge is 0.329 e. The Morgan fingerprint density at radius 2 is 1.88 bits per heavy atom. The van der Waals surface area contributed by atoms with E-state index in [9.17, 15) is 18.4 Å². The van der Waals surface area contributed by atoms with Crippen LogP contribution in [0.25, 0.3) is 0 Å². The molecular weight excluding hydrogens is 342 g/mol. The van der Waals surface area contributed by atoms with Crippen molar-refractivity contribution in [3.63, 3.8) is 0 Å². The van der Waals surface area contributed by atoms with Crippen molar-refractivity contribution in [1.82, 2.24) is 4.90 Å². The SMILES string of the molecule is N[C@H]1C[C@H]2[C@@H](C[C@H]3CC[C@@H](C(=O)OCc4ccccc4)N3C1=O)C2(F)F. The van der Waals surface area contributed by atoms with Crippen molar-refractivity contribution in [3.8, 4) is 0 Å². The van der Waals surface area contributed by atoms with E-state index in [1.165, 1.54) is 4.90 Å². The highest BCUT2D eigenvalue weighted by Crippen LogP contribution is 2.61. The van der Waals surface area contributed by atoms with Gasteiger partial charge in [0.15, 0.2) is 0 Å². The number of ether oxygens (including phenoxy) is 1. The van der Waals surface area contributed by atoms with Gasteiger partial charge in [-0.15, -0.1) is 0 Å². The van der Waals surface area contributed by atoms with Gasteiger partial charge in [-0.05, 0) is 31.2 Å². The van der Waals surface area contributed by atoms with Crippen LogP contribution in [-0.2, 0) is 20.9 Å². The Bertz CT molecular complexity index is 712. The summed E-state index contributed by atoms with van der Waals surface area (Å²) >= 11 is 0. The van der Waals surface area contributed by atoms with Crippen molar-refractivity contribution in [2.24, 2.45) is 17.6 Å². The molecule has 1 aromatic carbocycles. The molecule has 2 saturated heterocycles. The summed E-state index contributed by atoms with van der Waals surface area (Å²) in [5.41, 5.74) is 6.75. The van der Waals surface area contributed by atoms with E-state index < -0.39 is 41.7 Å². The van der Waals surface area contributed by atoms with E-state index in [2.05, 4.69) is 0 Å². The molecule has 3 fully saturated rings. The number of hydrogen-bond acceptors (Lipinski definition) is 4. The van der Waals surface area contributed by atoms with Crippen LogP contribution >= 0.6 is 0 Å². The molecule has 5 atom stereocenters. The summed E-state index contributed by atoms with van der Waals surface area (Å²) in [5.74, 6) is -5.16.